The SMILES string of the molecule is CNC(=O)c1c(-c2ccc(F)cc2)oc2nc(CCC(F)(F)F)c(-c3cc(C)cc(C(=O)NC(C)(C#N)C4CC4)c3)cc12. The zero-order valence-electron chi connectivity index (χ0n) is 23.7. The second-order valence-electron chi connectivity index (χ2n) is 11.0. The number of hydrogen-bond donors (Lipinski definition) is 2. The summed E-state index contributed by atoms with van der Waals surface area (Å²) in [5.74, 6) is -1.39. The van der Waals surface area contributed by atoms with Crippen molar-refractivity contribution < 1.29 is 31.6 Å². The van der Waals surface area contributed by atoms with Crippen molar-refractivity contribution in [3.8, 4) is 28.5 Å². The van der Waals surface area contributed by atoms with Gasteiger partial charge < -0.3 is 15.1 Å². The maximum absolute atomic E-state index is 13.6. The monoisotopic (exact) mass is 592 g/mol. The number of furan rings is 1. The Hall–Kier alpha value is -4.72. The summed E-state index contributed by atoms with van der Waals surface area (Å²) >= 11 is 0. The smallest absolute Gasteiger partial charge is 0.389 e. The summed E-state index contributed by atoms with van der Waals surface area (Å²) in [7, 11) is 1.42. The zero-order valence-corrected chi connectivity index (χ0v) is 23.7. The van der Waals surface area contributed by atoms with E-state index < -0.39 is 42.2 Å². The maximum atomic E-state index is 13.6. The number of aryl methyl sites for hydroxylation is 2. The minimum atomic E-state index is -4.47. The lowest BCUT2D eigenvalue weighted by molar-refractivity contribution is -0.134. The van der Waals surface area contributed by atoms with Gasteiger partial charge >= 0.3 is 6.18 Å². The molecule has 43 heavy (non-hydrogen) atoms. The third-order valence-electron chi connectivity index (χ3n) is 7.62. The molecular weight excluding hydrogens is 564 g/mol. The molecule has 1 fully saturated rings. The number of benzene rings is 2. The molecule has 0 spiro atoms. The van der Waals surface area contributed by atoms with Gasteiger partial charge in [0.25, 0.3) is 11.8 Å². The summed E-state index contributed by atoms with van der Waals surface area (Å²) in [6.45, 7) is 3.41. The van der Waals surface area contributed by atoms with Crippen LogP contribution in [0.3, 0.4) is 0 Å². The number of carbonyl (C=O) groups excluding carboxylic acids is 2. The van der Waals surface area contributed by atoms with Gasteiger partial charge in [0.15, 0.2) is 0 Å². The maximum Gasteiger partial charge on any atom is 0.389 e. The van der Waals surface area contributed by atoms with Gasteiger partial charge in [0.05, 0.1) is 22.7 Å². The van der Waals surface area contributed by atoms with Crippen LogP contribution in [0.25, 0.3) is 33.6 Å². The number of carbonyl (C=O) groups is 2. The lowest BCUT2D eigenvalue weighted by Crippen LogP contribution is -2.46. The van der Waals surface area contributed by atoms with E-state index in [2.05, 4.69) is 21.7 Å². The van der Waals surface area contributed by atoms with Gasteiger partial charge in [-0.15, -0.1) is 0 Å². The van der Waals surface area contributed by atoms with Gasteiger partial charge in [0.1, 0.15) is 17.1 Å². The predicted molar refractivity (Wildman–Crippen MR) is 152 cm³/mol. The number of fused-ring (bicyclic) bond motifs is 1. The van der Waals surface area contributed by atoms with Crippen LogP contribution in [0.4, 0.5) is 17.6 Å². The van der Waals surface area contributed by atoms with Crippen LogP contribution in [0.15, 0.2) is 52.9 Å². The van der Waals surface area contributed by atoms with Crippen molar-refractivity contribution in [2.45, 2.75) is 51.2 Å². The molecule has 5 rings (SSSR count). The van der Waals surface area contributed by atoms with Gasteiger partial charge in [0, 0.05) is 30.2 Å². The lowest BCUT2D eigenvalue weighted by atomic mass is 9.94. The summed E-state index contributed by atoms with van der Waals surface area (Å²) < 4.78 is 59.6. The quantitative estimate of drug-likeness (QED) is 0.217. The molecule has 2 aromatic carbocycles. The summed E-state index contributed by atoms with van der Waals surface area (Å²) in [5.41, 5.74) is 0.996. The van der Waals surface area contributed by atoms with Crippen LogP contribution in [-0.2, 0) is 6.42 Å². The van der Waals surface area contributed by atoms with Crippen molar-refractivity contribution in [2.24, 2.45) is 5.92 Å². The Kier molecular flexibility index (Phi) is 7.73. The summed E-state index contributed by atoms with van der Waals surface area (Å²) in [5, 5.41) is 15.3. The van der Waals surface area contributed by atoms with E-state index in [1.165, 1.54) is 43.4 Å². The highest BCUT2D eigenvalue weighted by atomic mass is 19.4. The van der Waals surface area contributed by atoms with Crippen molar-refractivity contribution in [2.75, 3.05) is 7.05 Å². The van der Waals surface area contributed by atoms with Gasteiger partial charge in [-0.3, -0.25) is 9.59 Å². The molecule has 4 aromatic rings. The highest BCUT2D eigenvalue weighted by molar-refractivity contribution is 6.11. The standard InChI is InChI=1S/C32H28F4N4O3/c1-17-12-19(14-20(13-17)28(41)40-31(2,16-37)21-6-7-21)23-15-24-26(29(42)38-3)27(18-4-8-22(33)9-5-18)43-30(24)39-25(23)10-11-32(34,35)36/h4-5,8-9,12-15,21H,6-7,10-11H2,1-3H3,(H,38,42)(H,40,41). The van der Waals surface area contributed by atoms with E-state index in [0.29, 0.717) is 16.7 Å². The number of nitrogens with zero attached hydrogens (tertiary/aromatic N) is 2. The Morgan fingerprint density at radius 1 is 1.07 bits per heavy atom. The third-order valence-corrected chi connectivity index (χ3v) is 7.62. The normalized spacial score (nSPS) is 14.7. The van der Waals surface area contributed by atoms with Crippen LogP contribution in [0, 0.1) is 30.0 Å². The van der Waals surface area contributed by atoms with Crippen molar-refractivity contribution in [1.29, 1.82) is 5.26 Å². The van der Waals surface area contributed by atoms with E-state index in [1.54, 1.807) is 26.0 Å². The first-order chi connectivity index (χ1) is 20.3. The summed E-state index contributed by atoms with van der Waals surface area (Å²) in [6, 6.07) is 13.8. The molecule has 2 heterocycles. The topological polar surface area (TPSA) is 108 Å². The molecule has 7 nitrogen and oxygen atoms in total. The Balaban J connectivity index is 1.68. The second kappa shape index (κ2) is 11.2. The van der Waals surface area contributed by atoms with Crippen LogP contribution in [0.1, 0.15) is 58.2 Å². The van der Waals surface area contributed by atoms with Gasteiger partial charge in [0.2, 0.25) is 5.71 Å². The zero-order chi connectivity index (χ0) is 31.1. The Labute approximate surface area is 244 Å². The number of halogens is 4. The van der Waals surface area contributed by atoms with E-state index in [4.69, 9.17) is 4.42 Å². The van der Waals surface area contributed by atoms with Crippen molar-refractivity contribution >= 4 is 22.9 Å². The number of alkyl halides is 3. The number of nitrogens with one attached hydrogen (secondary N) is 2. The minimum Gasteiger partial charge on any atom is -0.437 e. The molecule has 1 atom stereocenters. The van der Waals surface area contributed by atoms with Crippen molar-refractivity contribution in [3.05, 3.63) is 76.7 Å². The third kappa shape index (κ3) is 6.23. The minimum absolute atomic E-state index is 0.0471. The first kappa shape index (κ1) is 29.8. The van der Waals surface area contributed by atoms with E-state index in [1.807, 2.05) is 0 Å². The molecule has 2 aromatic heterocycles. The van der Waals surface area contributed by atoms with E-state index in [-0.39, 0.29) is 45.2 Å². The average Bonchev–Trinajstić information content (AvgIpc) is 3.76. The van der Waals surface area contributed by atoms with Gasteiger partial charge in [-0.05, 0) is 92.6 Å². The average molecular weight is 593 g/mol. The van der Waals surface area contributed by atoms with E-state index in [0.717, 1.165) is 12.8 Å². The highest BCUT2D eigenvalue weighted by Gasteiger charge is 2.43. The molecule has 2 amide bonds. The molecule has 1 aliphatic carbocycles. The number of amides is 2. The molecule has 11 heteroatoms. The first-order valence-electron chi connectivity index (χ1n) is 13.7. The number of pyridine rings is 1. The van der Waals surface area contributed by atoms with Crippen LogP contribution >= 0.6 is 0 Å². The first-order valence-corrected chi connectivity index (χ1v) is 13.7. The fraction of sp³-hybridized carbons (Fsp3) is 0.312. The molecular formula is C32H28F4N4O3. The fourth-order valence-electron chi connectivity index (χ4n) is 5.17. The molecule has 0 saturated heterocycles. The molecule has 1 unspecified atom stereocenters. The molecule has 0 aliphatic heterocycles. The molecule has 1 aliphatic rings. The van der Waals surface area contributed by atoms with Crippen molar-refractivity contribution in [3.63, 3.8) is 0 Å². The second-order valence-corrected chi connectivity index (χ2v) is 11.0. The summed E-state index contributed by atoms with van der Waals surface area (Å²) in [6.07, 6.45) is -4.45. The Morgan fingerprint density at radius 3 is 2.37 bits per heavy atom. The number of aromatic nitrogens is 1. The van der Waals surface area contributed by atoms with Crippen LogP contribution in [0.2, 0.25) is 0 Å². The molecule has 2 N–H and O–H groups in total. The van der Waals surface area contributed by atoms with Crippen LogP contribution in [0.5, 0.6) is 0 Å². The van der Waals surface area contributed by atoms with Gasteiger partial charge in [-0.25, -0.2) is 9.37 Å². The van der Waals surface area contributed by atoms with Crippen LogP contribution < -0.4 is 10.6 Å². The molecule has 1 saturated carbocycles. The largest absolute Gasteiger partial charge is 0.437 e. The number of nitriles is 1. The van der Waals surface area contributed by atoms with Crippen LogP contribution in [-0.4, -0.2) is 35.6 Å². The van der Waals surface area contributed by atoms with Gasteiger partial charge in [-0.1, -0.05) is 6.07 Å². The molecule has 0 radical (unpaired) electrons. The van der Waals surface area contributed by atoms with E-state index in [9.17, 15) is 32.4 Å². The molecule has 222 valence electrons. The van der Waals surface area contributed by atoms with E-state index >= 15 is 0 Å². The molecule has 0 bridgehead atoms. The number of hydrogen-bond acceptors (Lipinski definition) is 5. The highest BCUT2D eigenvalue weighted by Crippen LogP contribution is 2.40. The summed E-state index contributed by atoms with van der Waals surface area (Å²) in [4.78, 5) is 30.8. The lowest BCUT2D eigenvalue weighted by Gasteiger charge is -2.23. The Morgan fingerprint density at radius 2 is 1.77 bits per heavy atom. The van der Waals surface area contributed by atoms with Crippen molar-refractivity contribution in [1.82, 2.24) is 15.6 Å². The fourth-order valence-corrected chi connectivity index (χ4v) is 5.17. The number of rotatable bonds is 8. The van der Waals surface area contributed by atoms with Gasteiger partial charge in [-0.2, -0.15) is 18.4 Å². The predicted octanol–water partition coefficient (Wildman–Crippen LogP) is 6.89. The Bertz CT molecular complexity index is 1770.